The van der Waals surface area contributed by atoms with E-state index in [1.54, 1.807) is 13.0 Å². The topological polar surface area (TPSA) is 103 Å². The number of nitrogens with one attached hydrogen (secondary N) is 1. The van der Waals surface area contributed by atoms with Crippen LogP contribution in [-0.4, -0.2) is 31.3 Å². The van der Waals surface area contributed by atoms with E-state index in [1.807, 2.05) is 66.1 Å². The summed E-state index contributed by atoms with van der Waals surface area (Å²) in [6.45, 7) is 3.74. The Morgan fingerprint density at radius 1 is 1.03 bits per heavy atom. The molecule has 3 aromatic carbocycles. The Hall–Kier alpha value is -3.98. The number of aromatic nitrogens is 3. The van der Waals surface area contributed by atoms with Crippen LogP contribution in [0.3, 0.4) is 0 Å². The van der Waals surface area contributed by atoms with Gasteiger partial charge in [-0.3, -0.25) is 19.5 Å². The molecule has 0 fully saturated rings. The number of benzene rings is 3. The number of carbonyl (C=O) groups excluding carboxylic acids is 1. The minimum Gasteiger partial charge on any atom is -0.325 e. The van der Waals surface area contributed by atoms with Crippen LogP contribution in [0.5, 0.6) is 0 Å². The standard InChI is InChI=1S/C24H21N5O3S/c1-16-8-10-19(11-9-16)28-23(18-6-4-3-5-7-18)26-27-24(28)33-15-22(30)25-21-13-12-20(29(31)32)14-17(21)2/h3-14H,15H2,1-2H3,(H,25,30). The molecule has 1 N–H and O–H groups in total. The van der Waals surface area contributed by atoms with Crippen LogP contribution >= 0.6 is 11.8 Å². The summed E-state index contributed by atoms with van der Waals surface area (Å²) >= 11 is 1.27. The van der Waals surface area contributed by atoms with Gasteiger partial charge in [0.2, 0.25) is 5.91 Å². The maximum Gasteiger partial charge on any atom is 0.269 e. The van der Waals surface area contributed by atoms with Crippen molar-refractivity contribution < 1.29 is 9.72 Å². The van der Waals surface area contributed by atoms with Crippen molar-refractivity contribution in [1.29, 1.82) is 0 Å². The monoisotopic (exact) mass is 459 g/mol. The molecule has 9 heteroatoms. The summed E-state index contributed by atoms with van der Waals surface area (Å²) in [4.78, 5) is 23.1. The van der Waals surface area contributed by atoms with E-state index in [0.29, 0.717) is 22.2 Å². The molecule has 0 atom stereocenters. The summed E-state index contributed by atoms with van der Waals surface area (Å²) in [6, 6.07) is 22.1. The summed E-state index contributed by atoms with van der Waals surface area (Å²) in [7, 11) is 0. The summed E-state index contributed by atoms with van der Waals surface area (Å²) in [6.07, 6.45) is 0. The van der Waals surface area contributed by atoms with Gasteiger partial charge in [-0.15, -0.1) is 10.2 Å². The number of anilines is 1. The molecule has 33 heavy (non-hydrogen) atoms. The fraction of sp³-hybridized carbons (Fsp3) is 0.125. The molecule has 166 valence electrons. The zero-order chi connectivity index (χ0) is 23.4. The largest absolute Gasteiger partial charge is 0.325 e. The van der Waals surface area contributed by atoms with Crippen molar-refractivity contribution >= 4 is 29.0 Å². The number of nitrogens with zero attached hydrogens (tertiary/aromatic N) is 4. The van der Waals surface area contributed by atoms with Crippen molar-refractivity contribution in [3.05, 3.63) is 94.0 Å². The van der Waals surface area contributed by atoms with Crippen LogP contribution in [0, 0.1) is 24.0 Å². The van der Waals surface area contributed by atoms with Crippen LogP contribution in [0.1, 0.15) is 11.1 Å². The van der Waals surface area contributed by atoms with Crippen molar-refractivity contribution in [2.45, 2.75) is 19.0 Å². The van der Waals surface area contributed by atoms with Crippen molar-refractivity contribution in [2.24, 2.45) is 0 Å². The molecule has 4 rings (SSSR count). The minimum absolute atomic E-state index is 0.0143. The third-order valence-electron chi connectivity index (χ3n) is 4.98. The molecule has 0 spiro atoms. The highest BCUT2D eigenvalue weighted by molar-refractivity contribution is 7.99. The molecule has 0 aliphatic heterocycles. The summed E-state index contributed by atoms with van der Waals surface area (Å²) in [5.74, 6) is 0.556. The number of non-ortho nitro benzene ring substituents is 1. The van der Waals surface area contributed by atoms with Gasteiger partial charge in [0.1, 0.15) is 0 Å². The molecule has 0 aliphatic rings. The number of nitro groups is 1. The number of hydrogen-bond acceptors (Lipinski definition) is 6. The Balaban J connectivity index is 1.56. The van der Waals surface area contributed by atoms with Gasteiger partial charge in [0.15, 0.2) is 11.0 Å². The van der Waals surface area contributed by atoms with Gasteiger partial charge in [0.25, 0.3) is 5.69 Å². The number of aryl methyl sites for hydroxylation is 2. The average Bonchev–Trinajstić information content (AvgIpc) is 3.24. The normalized spacial score (nSPS) is 10.7. The SMILES string of the molecule is Cc1ccc(-n2c(SCC(=O)Nc3ccc([N+](=O)[O-])cc3C)nnc2-c2ccccc2)cc1. The number of carbonyl (C=O) groups is 1. The number of thioether (sulfide) groups is 1. The molecule has 1 heterocycles. The minimum atomic E-state index is -0.462. The quantitative estimate of drug-likeness (QED) is 0.232. The van der Waals surface area contributed by atoms with Gasteiger partial charge in [-0.1, -0.05) is 59.8 Å². The first kappa shape index (κ1) is 22.2. The highest BCUT2D eigenvalue weighted by Gasteiger charge is 2.18. The average molecular weight is 460 g/mol. The zero-order valence-corrected chi connectivity index (χ0v) is 18.9. The van der Waals surface area contributed by atoms with E-state index in [9.17, 15) is 14.9 Å². The fourth-order valence-electron chi connectivity index (χ4n) is 3.28. The third-order valence-corrected chi connectivity index (χ3v) is 5.91. The Morgan fingerprint density at radius 3 is 2.42 bits per heavy atom. The Morgan fingerprint density at radius 2 is 1.76 bits per heavy atom. The Bertz CT molecular complexity index is 1300. The molecule has 0 saturated heterocycles. The van der Waals surface area contributed by atoms with Crippen molar-refractivity contribution in [1.82, 2.24) is 14.8 Å². The second kappa shape index (κ2) is 9.66. The smallest absolute Gasteiger partial charge is 0.269 e. The van der Waals surface area contributed by atoms with Crippen LogP contribution < -0.4 is 5.32 Å². The number of nitro benzene ring substituents is 1. The van der Waals surface area contributed by atoms with Gasteiger partial charge in [-0.2, -0.15) is 0 Å². The summed E-state index contributed by atoms with van der Waals surface area (Å²) in [5, 5.41) is 23.0. The highest BCUT2D eigenvalue weighted by Crippen LogP contribution is 2.28. The Kier molecular flexibility index (Phi) is 6.50. The molecule has 0 saturated carbocycles. The first-order valence-corrected chi connectivity index (χ1v) is 11.2. The summed E-state index contributed by atoms with van der Waals surface area (Å²) in [5.41, 5.74) is 4.11. The van der Waals surface area contributed by atoms with E-state index in [0.717, 1.165) is 16.8 Å². The predicted octanol–water partition coefficient (Wildman–Crippen LogP) is 5.19. The van der Waals surface area contributed by atoms with Crippen LogP contribution in [0.2, 0.25) is 0 Å². The molecule has 1 aromatic heterocycles. The highest BCUT2D eigenvalue weighted by atomic mass is 32.2. The van der Waals surface area contributed by atoms with Crippen LogP contribution in [0.4, 0.5) is 11.4 Å². The van der Waals surface area contributed by atoms with Gasteiger partial charge in [-0.05, 0) is 37.6 Å². The molecule has 4 aromatic rings. The lowest BCUT2D eigenvalue weighted by molar-refractivity contribution is -0.384. The van der Waals surface area contributed by atoms with Crippen LogP contribution in [-0.2, 0) is 4.79 Å². The van der Waals surface area contributed by atoms with E-state index in [2.05, 4.69) is 15.5 Å². The van der Waals surface area contributed by atoms with Gasteiger partial charge in [0, 0.05) is 29.1 Å². The number of rotatable bonds is 7. The zero-order valence-electron chi connectivity index (χ0n) is 18.1. The Labute approximate surface area is 194 Å². The van der Waals surface area contributed by atoms with Gasteiger partial charge < -0.3 is 5.32 Å². The lowest BCUT2D eigenvalue weighted by Gasteiger charge is -2.11. The maximum atomic E-state index is 12.6. The van der Waals surface area contributed by atoms with E-state index >= 15 is 0 Å². The van der Waals surface area contributed by atoms with Crippen LogP contribution in [0.25, 0.3) is 17.1 Å². The van der Waals surface area contributed by atoms with Gasteiger partial charge in [-0.25, -0.2) is 0 Å². The van der Waals surface area contributed by atoms with E-state index < -0.39 is 4.92 Å². The molecular weight excluding hydrogens is 438 g/mol. The number of hydrogen-bond donors (Lipinski definition) is 1. The fourth-order valence-corrected chi connectivity index (χ4v) is 4.03. The van der Waals surface area contributed by atoms with Crippen molar-refractivity contribution in [2.75, 3.05) is 11.1 Å². The first-order chi connectivity index (χ1) is 15.9. The van der Waals surface area contributed by atoms with E-state index in [4.69, 9.17) is 0 Å². The molecule has 0 radical (unpaired) electrons. The maximum absolute atomic E-state index is 12.6. The van der Waals surface area contributed by atoms with Gasteiger partial charge in [0.05, 0.1) is 10.7 Å². The molecule has 8 nitrogen and oxygen atoms in total. The second-order valence-electron chi connectivity index (χ2n) is 7.44. The number of amides is 1. The third kappa shape index (κ3) is 5.09. The first-order valence-electron chi connectivity index (χ1n) is 10.2. The molecular formula is C24H21N5O3S. The van der Waals surface area contributed by atoms with E-state index in [1.165, 1.54) is 23.9 Å². The summed E-state index contributed by atoms with van der Waals surface area (Å²) < 4.78 is 1.93. The van der Waals surface area contributed by atoms with Crippen molar-refractivity contribution in [3.63, 3.8) is 0 Å². The van der Waals surface area contributed by atoms with Gasteiger partial charge >= 0.3 is 0 Å². The molecule has 0 bridgehead atoms. The molecule has 1 amide bonds. The predicted molar refractivity (Wildman–Crippen MR) is 129 cm³/mol. The molecule has 0 aliphatic carbocycles. The van der Waals surface area contributed by atoms with E-state index in [-0.39, 0.29) is 17.3 Å². The van der Waals surface area contributed by atoms with Crippen molar-refractivity contribution in [3.8, 4) is 17.1 Å². The molecule has 0 unspecified atom stereocenters. The van der Waals surface area contributed by atoms with Crippen LogP contribution in [0.15, 0.2) is 78.0 Å². The lowest BCUT2D eigenvalue weighted by atomic mass is 10.2. The second-order valence-corrected chi connectivity index (χ2v) is 8.38. The lowest BCUT2D eigenvalue weighted by Crippen LogP contribution is -2.15.